The minimum atomic E-state index is -0.623. The Morgan fingerprint density at radius 3 is 2.44 bits per heavy atom. The summed E-state index contributed by atoms with van der Waals surface area (Å²) in [7, 11) is 0. The molecule has 0 aromatic heterocycles. The second-order valence-corrected chi connectivity index (χ2v) is 7.86. The molecule has 0 aliphatic rings. The lowest BCUT2D eigenvalue weighted by Gasteiger charge is -2.21. The van der Waals surface area contributed by atoms with E-state index in [0.717, 1.165) is 5.56 Å². The van der Waals surface area contributed by atoms with Crippen molar-refractivity contribution in [3.05, 3.63) is 65.0 Å². The first-order valence-corrected chi connectivity index (χ1v) is 10.6. The van der Waals surface area contributed by atoms with Crippen molar-refractivity contribution in [1.82, 2.24) is 10.6 Å². The molecule has 1 atom stereocenters. The van der Waals surface area contributed by atoms with Gasteiger partial charge in [-0.15, -0.1) is 0 Å². The Hall–Kier alpha value is -3.42. The number of carbonyl (C=O) groups is 3. The minimum Gasteiger partial charge on any atom is -0.450 e. The fraction of sp³-hybridized carbons (Fsp3) is 0.375. The van der Waals surface area contributed by atoms with Crippen LogP contribution in [0.25, 0.3) is 0 Å². The lowest BCUT2D eigenvalue weighted by molar-refractivity contribution is 0.0943. The molecule has 2 rings (SSSR count). The first-order chi connectivity index (χ1) is 15.2. The second-order valence-electron chi connectivity index (χ2n) is 7.86. The van der Waals surface area contributed by atoms with Crippen LogP contribution < -0.4 is 16.0 Å². The number of benzene rings is 2. The molecule has 0 aliphatic heterocycles. The first-order valence-electron chi connectivity index (χ1n) is 10.6. The number of hydrogen-bond acceptors (Lipinski definition) is 4. The lowest BCUT2D eigenvalue weighted by atomic mass is 10.0. The van der Waals surface area contributed by atoms with Gasteiger partial charge in [0.15, 0.2) is 0 Å². The van der Waals surface area contributed by atoms with Crippen LogP contribution in [-0.4, -0.2) is 37.1 Å². The fourth-order valence-electron chi connectivity index (χ4n) is 3.15. The number of rotatable bonds is 9. The summed E-state index contributed by atoms with van der Waals surface area (Å²) in [6.45, 7) is 8.02. The van der Waals surface area contributed by atoms with Crippen LogP contribution in [0.4, 0.5) is 14.9 Å². The molecule has 0 spiro atoms. The molecule has 0 fully saturated rings. The highest BCUT2D eigenvalue weighted by atomic mass is 19.1. The average Bonchev–Trinajstić information content (AvgIpc) is 2.73. The van der Waals surface area contributed by atoms with Gasteiger partial charge in [-0.3, -0.25) is 9.59 Å². The standard InChI is InChI=1S/C24H30FN3O4/c1-5-32-24(31)27-18(12-15(2)3)14-26-22(29)17-11-10-16(4)21(13-17)28-23(30)19-8-6-7-9-20(19)25/h6-11,13,15,18H,5,12,14H2,1-4H3,(H,26,29)(H,27,31)(H,28,30). The number of aryl methyl sites for hydroxylation is 1. The van der Waals surface area contributed by atoms with Gasteiger partial charge in [0.25, 0.3) is 11.8 Å². The van der Waals surface area contributed by atoms with Gasteiger partial charge in [0.05, 0.1) is 12.2 Å². The van der Waals surface area contributed by atoms with Gasteiger partial charge in [-0.2, -0.15) is 0 Å². The van der Waals surface area contributed by atoms with E-state index in [2.05, 4.69) is 16.0 Å². The first kappa shape index (κ1) is 24.8. The molecule has 172 valence electrons. The van der Waals surface area contributed by atoms with Crippen molar-refractivity contribution in [3.63, 3.8) is 0 Å². The quantitative estimate of drug-likeness (QED) is 0.539. The van der Waals surface area contributed by atoms with E-state index in [-0.39, 0.29) is 30.7 Å². The largest absolute Gasteiger partial charge is 0.450 e. The van der Waals surface area contributed by atoms with Gasteiger partial charge in [0.1, 0.15) is 5.82 Å². The summed E-state index contributed by atoms with van der Waals surface area (Å²) < 4.78 is 18.8. The number of nitrogens with one attached hydrogen (secondary N) is 3. The molecule has 0 bridgehead atoms. The molecule has 8 heteroatoms. The Kier molecular flexibility index (Phi) is 9.19. The van der Waals surface area contributed by atoms with E-state index in [4.69, 9.17) is 4.74 Å². The molecule has 2 aromatic rings. The molecule has 0 saturated carbocycles. The zero-order valence-electron chi connectivity index (χ0n) is 18.8. The summed E-state index contributed by atoms with van der Waals surface area (Å²) in [5.41, 5.74) is 1.39. The van der Waals surface area contributed by atoms with Gasteiger partial charge in [-0.1, -0.05) is 32.0 Å². The van der Waals surface area contributed by atoms with Crippen LogP contribution >= 0.6 is 0 Å². The van der Waals surface area contributed by atoms with Crippen molar-refractivity contribution >= 4 is 23.6 Å². The van der Waals surface area contributed by atoms with E-state index in [9.17, 15) is 18.8 Å². The van der Waals surface area contributed by atoms with Crippen LogP contribution in [0.15, 0.2) is 42.5 Å². The fourth-order valence-corrected chi connectivity index (χ4v) is 3.15. The van der Waals surface area contributed by atoms with Crippen LogP contribution in [0.2, 0.25) is 0 Å². The molecular formula is C24H30FN3O4. The molecule has 3 N–H and O–H groups in total. The predicted octanol–water partition coefficient (Wildman–Crippen LogP) is 4.28. The lowest BCUT2D eigenvalue weighted by Crippen LogP contribution is -2.44. The molecule has 0 saturated heterocycles. The second kappa shape index (κ2) is 11.8. The summed E-state index contributed by atoms with van der Waals surface area (Å²) in [5.74, 6) is -1.27. The van der Waals surface area contributed by atoms with Crippen molar-refractivity contribution in [3.8, 4) is 0 Å². The van der Waals surface area contributed by atoms with E-state index in [1.165, 1.54) is 18.2 Å². The summed E-state index contributed by atoms with van der Waals surface area (Å²) in [6, 6.07) is 10.3. The Labute approximate surface area is 187 Å². The monoisotopic (exact) mass is 443 g/mol. The number of halogens is 1. The van der Waals surface area contributed by atoms with Crippen LogP contribution in [0, 0.1) is 18.7 Å². The molecule has 0 radical (unpaired) electrons. The molecule has 32 heavy (non-hydrogen) atoms. The molecule has 7 nitrogen and oxygen atoms in total. The minimum absolute atomic E-state index is 0.0803. The summed E-state index contributed by atoms with van der Waals surface area (Å²) in [5, 5.41) is 8.23. The van der Waals surface area contributed by atoms with Crippen LogP contribution in [0.3, 0.4) is 0 Å². The Morgan fingerprint density at radius 2 is 1.78 bits per heavy atom. The number of carbonyl (C=O) groups excluding carboxylic acids is 3. The summed E-state index contributed by atoms with van der Waals surface area (Å²) >= 11 is 0. The third-order valence-corrected chi connectivity index (χ3v) is 4.73. The Bertz CT molecular complexity index is 962. The highest BCUT2D eigenvalue weighted by molar-refractivity contribution is 6.05. The van der Waals surface area contributed by atoms with Crippen molar-refractivity contribution < 1.29 is 23.5 Å². The van der Waals surface area contributed by atoms with Crippen LogP contribution in [-0.2, 0) is 4.74 Å². The zero-order valence-corrected chi connectivity index (χ0v) is 18.8. The SMILES string of the molecule is CCOC(=O)NC(CNC(=O)c1ccc(C)c(NC(=O)c2ccccc2F)c1)CC(C)C. The maximum absolute atomic E-state index is 13.9. The molecular weight excluding hydrogens is 413 g/mol. The Balaban J connectivity index is 2.07. The zero-order chi connectivity index (χ0) is 23.7. The molecule has 2 aromatic carbocycles. The van der Waals surface area contributed by atoms with Gasteiger partial charge in [-0.05, 0) is 56.0 Å². The number of ether oxygens (including phenoxy) is 1. The molecule has 0 heterocycles. The summed E-state index contributed by atoms with van der Waals surface area (Å²) in [4.78, 5) is 36.9. The van der Waals surface area contributed by atoms with Gasteiger partial charge < -0.3 is 20.7 Å². The predicted molar refractivity (Wildman–Crippen MR) is 121 cm³/mol. The van der Waals surface area contributed by atoms with E-state index in [1.54, 1.807) is 38.1 Å². The maximum Gasteiger partial charge on any atom is 0.407 e. The molecule has 1 unspecified atom stereocenters. The average molecular weight is 444 g/mol. The van der Waals surface area contributed by atoms with Gasteiger partial charge in [0.2, 0.25) is 0 Å². The van der Waals surface area contributed by atoms with E-state index in [1.807, 2.05) is 13.8 Å². The van der Waals surface area contributed by atoms with E-state index in [0.29, 0.717) is 23.6 Å². The van der Waals surface area contributed by atoms with E-state index >= 15 is 0 Å². The van der Waals surface area contributed by atoms with Gasteiger partial charge >= 0.3 is 6.09 Å². The topological polar surface area (TPSA) is 96.5 Å². The van der Waals surface area contributed by atoms with Crippen molar-refractivity contribution in [2.24, 2.45) is 5.92 Å². The van der Waals surface area contributed by atoms with Crippen LogP contribution in [0.1, 0.15) is 53.5 Å². The smallest absolute Gasteiger partial charge is 0.407 e. The van der Waals surface area contributed by atoms with Crippen molar-refractivity contribution in [2.45, 2.75) is 40.2 Å². The van der Waals surface area contributed by atoms with Crippen molar-refractivity contribution in [1.29, 1.82) is 0 Å². The third-order valence-electron chi connectivity index (χ3n) is 4.73. The van der Waals surface area contributed by atoms with E-state index < -0.39 is 17.8 Å². The summed E-state index contributed by atoms with van der Waals surface area (Å²) in [6.07, 6.45) is 0.137. The van der Waals surface area contributed by atoms with Crippen molar-refractivity contribution in [2.75, 3.05) is 18.5 Å². The highest BCUT2D eigenvalue weighted by Gasteiger charge is 2.18. The number of alkyl carbamates (subject to hydrolysis) is 1. The number of hydrogen-bond donors (Lipinski definition) is 3. The van der Waals surface area contributed by atoms with Gasteiger partial charge in [0, 0.05) is 23.8 Å². The molecule has 3 amide bonds. The highest BCUT2D eigenvalue weighted by Crippen LogP contribution is 2.19. The molecule has 0 aliphatic carbocycles. The number of anilines is 1. The maximum atomic E-state index is 13.9. The third kappa shape index (κ3) is 7.37. The normalized spacial score (nSPS) is 11.6. The Morgan fingerprint density at radius 1 is 1.06 bits per heavy atom. The van der Waals surface area contributed by atoms with Crippen LogP contribution in [0.5, 0.6) is 0 Å². The van der Waals surface area contributed by atoms with Gasteiger partial charge in [-0.25, -0.2) is 9.18 Å². The number of amides is 3.